The third-order valence-corrected chi connectivity index (χ3v) is 10.4. The Balaban J connectivity index is 1.45. The molecule has 2 spiro atoms. The minimum absolute atomic E-state index is 0.0112. The molecular weight excluding hydrogens is 378 g/mol. The van der Waals surface area contributed by atoms with Crippen molar-refractivity contribution in [2.75, 3.05) is 6.54 Å². The van der Waals surface area contributed by atoms with Gasteiger partial charge in [0, 0.05) is 35.6 Å². The van der Waals surface area contributed by atoms with Gasteiger partial charge in [-0.25, -0.2) is 0 Å². The van der Waals surface area contributed by atoms with Gasteiger partial charge in [-0.2, -0.15) is 0 Å². The number of fused-ring (bicyclic) bond motifs is 4. The average Bonchev–Trinajstić information content (AvgIpc) is 3.19. The van der Waals surface area contributed by atoms with E-state index in [-0.39, 0.29) is 39.9 Å². The first kappa shape index (κ1) is 19.5. The van der Waals surface area contributed by atoms with Gasteiger partial charge in [0.15, 0.2) is 5.78 Å². The highest BCUT2D eigenvalue weighted by atomic mass is 16.6. The van der Waals surface area contributed by atoms with Crippen LogP contribution in [0, 0.1) is 22.7 Å². The van der Waals surface area contributed by atoms with Gasteiger partial charge >= 0.3 is 5.97 Å². The number of ether oxygens (including phenoxy) is 2. The van der Waals surface area contributed by atoms with Crippen molar-refractivity contribution in [2.45, 2.75) is 102 Å². The maximum absolute atomic E-state index is 12.3. The van der Waals surface area contributed by atoms with Gasteiger partial charge in [-0.1, -0.05) is 26.3 Å². The van der Waals surface area contributed by atoms with Crippen molar-refractivity contribution >= 4 is 11.8 Å². The monoisotopic (exact) mass is 413 g/mol. The third kappa shape index (κ3) is 2.12. The molecule has 30 heavy (non-hydrogen) atoms. The van der Waals surface area contributed by atoms with Gasteiger partial charge in [-0.05, 0) is 63.5 Å². The Morgan fingerprint density at radius 1 is 1.17 bits per heavy atom. The Bertz CT molecular complexity index is 852. The highest BCUT2D eigenvalue weighted by Gasteiger charge is 2.82. The average molecular weight is 414 g/mol. The van der Waals surface area contributed by atoms with Crippen molar-refractivity contribution < 1.29 is 19.1 Å². The summed E-state index contributed by atoms with van der Waals surface area (Å²) in [7, 11) is 0. The quantitative estimate of drug-likeness (QED) is 0.564. The molecule has 2 unspecified atom stereocenters. The molecule has 6 rings (SSSR count). The Kier molecular flexibility index (Phi) is 3.88. The van der Waals surface area contributed by atoms with E-state index in [0.717, 1.165) is 51.5 Å². The van der Waals surface area contributed by atoms with Crippen LogP contribution >= 0.6 is 0 Å². The molecular formula is C25H35NO4. The number of epoxide rings is 1. The lowest BCUT2D eigenvalue weighted by Gasteiger charge is -2.59. The van der Waals surface area contributed by atoms with Gasteiger partial charge in [0.05, 0.1) is 6.10 Å². The molecule has 0 aromatic carbocycles. The second kappa shape index (κ2) is 5.98. The summed E-state index contributed by atoms with van der Waals surface area (Å²) >= 11 is 0. The Labute approximate surface area is 179 Å². The summed E-state index contributed by atoms with van der Waals surface area (Å²) in [4.78, 5) is 24.5. The second-order valence-electron chi connectivity index (χ2n) is 11.4. The maximum Gasteiger partial charge on any atom is 0.306 e. The minimum atomic E-state index is -0.290. The first-order chi connectivity index (χ1) is 14.3. The molecule has 5 fully saturated rings. The number of ketones is 1. The normalized spacial score (nSPS) is 53.5. The summed E-state index contributed by atoms with van der Waals surface area (Å²) < 4.78 is 12.9. The molecule has 4 aliphatic carbocycles. The maximum atomic E-state index is 12.3. The minimum Gasteiger partial charge on any atom is -0.458 e. The number of rotatable bonds is 3. The summed E-state index contributed by atoms with van der Waals surface area (Å²) in [5.74, 6) is 1.18. The fourth-order valence-corrected chi connectivity index (χ4v) is 8.83. The van der Waals surface area contributed by atoms with Gasteiger partial charge in [0.25, 0.3) is 0 Å². The molecule has 0 aromatic heterocycles. The van der Waals surface area contributed by atoms with Crippen molar-refractivity contribution in [1.82, 2.24) is 5.32 Å². The number of hydrogen-bond acceptors (Lipinski definition) is 5. The fraction of sp³-hybridized carbons (Fsp3) is 0.840. The fourth-order valence-electron chi connectivity index (χ4n) is 8.83. The van der Waals surface area contributed by atoms with Crippen molar-refractivity contribution in [1.29, 1.82) is 0 Å². The highest BCUT2D eigenvalue weighted by Crippen LogP contribution is 2.77. The van der Waals surface area contributed by atoms with Crippen LogP contribution in [0.3, 0.4) is 0 Å². The summed E-state index contributed by atoms with van der Waals surface area (Å²) in [6.07, 6.45) is 10.3. The van der Waals surface area contributed by atoms with E-state index in [1.165, 1.54) is 5.57 Å². The van der Waals surface area contributed by atoms with Gasteiger partial charge in [-0.15, -0.1) is 0 Å². The number of carbonyl (C=O) groups excluding carboxylic acids is 2. The van der Waals surface area contributed by atoms with E-state index in [4.69, 9.17) is 9.47 Å². The van der Waals surface area contributed by atoms with E-state index in [1.807, 2.05) is 6.08 Å². The number of esters is 1. The van der Waals surface area contributed by atoms with Gasteiger partial charge < -0.3 is 14.8 Å². The SMILES string of the molecule is CCCN[C@@H]1CC2=CC(=O)CC[C@]2(C)[C@@]23O[C@@H]2C[C@@]2(C)C(CC[C@@]24CCC(=O)O4)C13. The smallest absolute Gasteiger partial charge is 0.306 e. The number of nitrogens with one attached hydrogen (secondary N) is 1. The molecule has 0 bridgehead atoms. The van der Waals surface area contributed by atoms with Gasteiger partial charge in [-0.3, -0.25) is 9.59 Å². The van der Waals surface area contributed by atoms with Gasteiger partial charge in [0.1, 0.15) is 11.2 Å². The van der Waals surface area contributed by atoms with Crippen LogP contribution in [0.5, 0.6) is 0 Å². The highest BCUT2D eigenvalue weighted by molar-refractivity contribution is 5.92. The molecule has 2 saturated heterocycles. The zero-order chi connectivity index (χ0) is 20.9. The van der Waals surface area contributed by atoms with Crippen LogP contribution in [-0.2, 0) is 19.1 Å². The first-order valence-corrected chi connectivity index (χ1v) is 12.2. The number of hydrogen-bond donors (Lipinski definition) is 1. The first-order valence-electron chi connectivity index (χ1n) is 12.2. The van der Waals surface area contributed by atoms with Crippen LogP contribution < -0.4 is 5.32 Å². The lowest BCUT2D eigenvalue weighted by atomic mass is 9.45. The molecule has 0 amide bonds. The Hall–Kier alpha value is -1.20. The van der Waals surface area contributed by atoms with Gasteiger partial charge in [0.2, 0.25) is 0 Å². The molecule has 6 aliphatic rings. The summed E-state index contributed by atoms with van der Waals surface area (Å²) in [5.41, 5.74) is 0.824. The second-order valence-corrected chi connectivity index (χ2v) is 11.4. The van der Waals surface area contributed by atoms with Crippen LogP contribution in [0.4, 0.5) is 0 Å². The van der Waals surface area contributed by atoms with E-state index >= 15 is 0 Å². The molecule has 2 heterocycles. The lowest BCUT2D eigenvalue weighted by molar-refractivity contribution is -0.165. The zero-order valence-corrected chi connectivity index (χ0v) is 18.6. The van der Waals surface area contributed by atoms with Crippen LogP contribution in [0.25, 0.3) is 0 Å². The molecule has 3 saturated carbocycles. The molecule has 5 heteroatoms. The summed E-state index contributed by atoms with van der Waals surface area (Å²) in [6.45, 7) is 7.97. The molecule has 2 aliphatic heterocycles. The molecule has 164 valence electrons. The third-order valence-electron chi connectivity index (χ3n) is 10.4. The summed E-state index contributed by atoms with van der Waals surface area (Å²) in [6, 6.07) is 0.331. The van der Waals surface area contributed by atoms with E-state index < -0.39 is 0 Å². The molecule has 5 nitrogen and oxygen atoms in total. The van der Waals surface area contributed by atoms with E-state index in [2.05, 4.69) is 26.1 Å². The Morgan fingerprint density at radius 2 is 2.00 bits per heavy atom. The van der Waals surface area contributed by atoms with E-state index in [0.29, 0.717) is 30.7 Å². The largest absolute Gasteiger partial charge is 0.458 e. The Morgan fingerprint density at radius 3 is 2.73 bits per heavy atom. The van der Waals surface area contributed by atoms with Crippen molar-refractivity contribution in [3.05, 3.63) is 11.6 Å². The van der Waals surface area contributed by atoms with Crippen molar-refractivity contribution in [3.8, 4) is 0 Å². The van der Waals surface area contributed by atoms with E-state index in [1.54, 1.807) is 0 Å². The van der Waals surface area contributed by atoms with E-state index in [9.17, 15) is 9.59 Å². The van der Waals surface area contributed by atoms with Crippen molar-refractivity contribution in [3.63, 3.8) is 0 Å². The number of carbonyl (C=O) groups is 2. The molecule has 0 aromatic rings. The predicted octanol–water partition coefficient (Wildman–Crippen LogP) is 3.70. The topological polar surface area (TPSA) is 67.9 Å². The predicted molar refractivity (Wildman–Crippen MR) is 112 cm³/mol. The van der Waals surface area contributed by atoms with Crippen LogP contribution in [0.15, 0.2) is 11.6 Å². The van der Waals surface area contributed by atoms with Crippen LogP contribution in [-0.4, -0.2) is 41.6 Å². The molecule has 0 radical (unpaired) electrons. The summed E-state index contributed by atoms with van der Waals surface area (Å²) in [5, 5.41) is 3.87. The van der Waals surface area contributed by atoms with Crippen LogP contribution in [0.2, 0.25) is 0 Å². The van der Waals surface area contributed by atoms with Crippen molar-refractivity contribution in [2.24, 2.45) is 22.7 Å². The molecule has 1 N–H and O–H groups in total. The molecule has 8 atom stereocenters. The lowest BCUT2D eigenvalue weighted by Crippen LogP contribution is -2.65. The standard InChI is InChI=1S/C25H35NO4/c1-4-11-26-18-13-15-12-16(27)5-8-22(15,2)25-19(29-25)14-23(3)17(21(18)25)6-9-24(23)10-7-20(28)30-24/h12,17-19,21,26H,4-11,13-14H2,1-3H3/t17?,18-,19-,21?,22+,23+,24-,25-/m1/s1. The zero-order valence-electron chi connectivity index (χ0n) is 18.6. The van der Waals surface area contributed by atoms with Crippen LogP contribution in [0.1, 0.15) is 78.6 Å².